The summed E-state index contributed by atoms with van der Waals surface area (Å²) in [5.41, 5.74) is 2.91. The van der Waals surface area contributed by atoms with Gasteiger partial charge in [-0.05, 0) is 50.2 Å². The number of fused-ring (bicyclic) bond motifs is 1. The zero-order chi connectivity index (χ0) is 18.6. The summed E-state index contributed by atoms with van der Waals surface area (Å²) in [5.74, 6) is 1.47. The van der Waals surface area contributed by atoms with Crippen molar-refractivity contribution in [1.29, 1.82) is 0 Å². The molecule has 0 aliphatic heterocycles. The standard InChI is InChI=1S/C20H21N7/c1-13(2)22-18-25-19(23-15-6-4-3-5-7-15)27-20(26-18)24-16-8-9-17-14(12-16)10-11-21-17/h3-13,21H,1-2H3,(H3,22,23,24,25,26,27). The fourth-order valence-corrected chi connectivity index (χ4v) is 2.72. The van der Waals surface area contributed by atoms with Gasteiger partial charge in [0.1, 0.15) is 0 Å². The Bertz CT molecular complexity index is 1040. The molecule has 0 aliphatic carbocycles. The van der Waals surface area contributed by atoms with Crippen molar-refractivity contribution in [2.45, 2.75) is 19.9 Å². The van der Waals surface area contributed by atoms with Crippen LogP contribution in [-0.4, -0.2) is 26.0 Å². The van der Waals surface area contributed by atoms with Gasteiger partial charge in [0, 0.05) is 34.5 Å². The molecule has 0 saturated heterocycles. The average Bonchev–Trinajstić information content (AvgIpc) is 3.09. The summed E-state index contributed by atoms with van der Waals surface area (Å²) in [6, 6.07) is 18.1. The van der Waals surface area contributed by atoms with E-state index in [9.17, 15) is 0 Å². The molecule has 0 unspecified atom stereocenters. The van der Waals surface area contributed by atoms with Crippen LogP contribution in [0, 0.1) is 0 Å². The van der Waals surface area contributed by atoms with Gasteiger partial charge in [-0.15, -0.1) is 0 Å². The lowest BCUT2D eigenvalue weighted by Crippen LogP contribution is -2.15. The summed E-state index contributed by atoms with van der Waals surface area (Å²) >= 11 is 0. The van der Waals surface area contributed by atoms with Crippen LogP contribution >= 0.6 is 0 Å². The first-order valence-electron chi connectivity index (χ1n) is 8.84. The van der Waals surface area contributed by atoms with Crippen molar-refractivity contribution in [3.05, 3.63) is 60.8 Å². The first-order valence-corrected chi connectivity index (χ1v) is 8.84. The Morgan fingerprint density at radius 1 is 0.778 bits per heavy atom. The quantitative estimate of drug-likeness (QED) is 0.400. The number of rotatable bonds is 6. The Kier molecular flexibility index (Phi) is 4.57. The summed E-state index contributed by atoms with van der Waals surface area (Å²) in [6.45, 7) is 4.09. The summed E-state index contributed by atoms with van der Waals surface area (Å²) < 4.78 is 0. The molecule has 0 fully saturated rings. The van der Waals surface area contributed by atoms with Gasteiger partial charge in [0.25, 0.3) is 0 Å². The maximum atomic E-state index is 4.51. The topological polar surface area (TPSA) is 90.5 Å². The van der Waals surface area contributed by atoms with E-state index in [4.69, 9.17) is 0 Å². The van der Waals surface area contributed by atoms with Gasteiger partial charge in [0.15, 0.2) is 0 Å². The Morgan fingerprint density at radius 3 is 2.22 bits per heavy atom. The van der Waals surface area contributed by atoms with Gasteiger partial charge in [-0.25, -0.2) is 0 Å². The molecule has 0 atom stereocenters. The molecular formula is C20H21N7. The van der Waals surface area contributed by atoms with Crippen molar-refractivity contribution in [2.24, 2.45) is 0 Å². The lowest BCUT2D eigenvalue weighted by atomic mass is 10.2. The minimum atomic E-state index is 0.209. The van der Waals surface area contributed by atoms with Gasteiger partial charge in [-0.1, -0.05) is 18.2 Å². The lowest BCUT2D eigenvalue weighted by Gasteiger charge is -2.13. The molecule has 4 rings (SSSR count). The largest absolute Gasteiger partial charge is 0.361 e. The van der Waals surface area contributed by atoms with Crippen LogP contribution in [0.1, 0.15) is 13.8 Å². The summed E-state index contributed by atoms with van der Waals surface area (Å²) in [7, 11) is 0. The third-order valence-electron chi connectivity index (χ3n) is 3.89. The molecule has 2 aromatic carbocycles. The second-order valence-corrected chi connectivity index (χ2v) is 6.50. The van der Waals surface area contributed by atoms with Crippen LogP contribution in [0.5, 0.6) is 0 Å². The molecule has 0 bridgehead atoms. The fraction of sp³-hybridized carbons (Fsp3) is 0.150. The predicted molar refractivity (Wildman–Crippen MR) is 110 cm³/mol. The Labute approximate surface area is 157 Å². The Balaban J connectivity index is 1.64. The summed E-state index contributed by atoms with van der Waals surface area (Å²) in [5, 5.41) is 10.8. The maximum Gasteiger partial charge on any atom is 0.233 e. The number of hydrogen-bond donors (Lipinski definition) is 4. The van der Waals surface area contributed by atoms with E-state index in [0.29, 0.717) is 17.8 Å². The molecule has 27 heavy (non-hydrogen) atoms. The molecule has 0 saturated carbocycles. The monoisotopic (exact) mass is 359 g/mol. The zero-order valence-corrected chi connectivity index (χ0v) is 15.2. The van der Waals surface area contributed by atoms with Crippen LogP contribution in [0.2, 0.25) is 0 Å². The number of H-pyrrole nitrogens is 1. The number of nitrogens with one attached hydrogen (secondary N) is 4. The van der Waals surface area contributed by atoms with E-state index in [1.165, 1.54) is 0 Å². The second-order valence-electron chi connectivity index (χ2n) is 6.50. The molecule has 7 heteroatoms. The molecular weight excluding hydrogens is 338 g/mol. The molecule has 0 spiro atoms. The molecule has 0 aliphatic rings. The summed E-state index contributed by atoms with van der Waals surface area (Å²) in [4.78, 5) is 16.6. The van der Waals surface area contributed by atoms with Crippen LogP contribution < -0.4 is 16.0 Å². The predicted octanol–water partition coefficient (Wildman–Crippen LogP) is 4.66. The molecule has 2 aromatic heterocycles. The normalized spacial score (nSPS) is 10.9. The smallest absolute Gasteiger partial charge is 0.233 e. The van der Waals surface area contributed by atoms with E-state index < -0.39 is 0 Å². The van der Waals surface area contributed by atoms with Crippen molar-refractivity contribution in [3.63, 3.8) is 0 Å². The highest BCUT2D eigenvalue weighted by Crippen LogP contribution is 2.22. The van der Waals surface area contributed by atoms with E-state index in [-0.39, 0.29) is 6.04 Å². The van der Waals surface area contributed by atoms with Crippen LogP contribution in [0.15, 0.2) is 60.8 Å². The fourth-order valence-electron chi connectivity index (χ4n) is 2.72. The number of benzene rings is 2. The molecule has 136 valence electrons. The SMILES string of the molecule is CC(C)Nc1nc(Nc2ccccc2)nc(Nc2ccc3[nH]ccc3c2)n1. The molecule has 0 radical (unpaired) electrons. The average molecular weight is 359 g/mol. The third-order valence-corrected chi connectivity index (χ3v) is 3.89. The van der Waals surface area contributed by atoms with Crippen molar-refractivity contribution >= 4 is 40.1 Å². The number of para-hydroxylation sites is 1. The molecule has 7 nitrogen and oxygen atoms in total. The molecule has 2 heterocycles. The first-order chi connectivity index (χ1) is 13.2. The number of anilines is 5. The highest BCUT2D eigenvalue weighted by molar-refractivity contribution is 5.83. The first kappa shape index (κ1) is 16.8. The zero-order valence-electron chi connectivity index (χ0n) is 15.2. The van der Waals surface area contributed by atoms with Gasteiger partial charge in [-0.3, -0.25) is 0 Å². The number of aromatic amines is 1. The highest BCUT2D eigenvalue weighted by Gasteiger charge is 2.09. The van der Waals surface area contributed by atoms with Crippen molar-refractivity contribution in [2.75, 3.05) is 16.0 Å². The molecule has 4 aromatic rings. The van der Waals surface area contributed by atoms with E-state index >= 15 is 0 Å². The third kappa shape index (κ3) is 4.14. The van der Waals surface area contributed by atoms with Crippen LogP contribution in [-0.2, 0) is 0 Å². The van der Waals surface area contributed by atoms with Crippen molar-refractivity contribution < 1.29 is 0 Å². The van der Waals surface area contributed by atoms with Crippen LogP contribution in [0.4, 0.5) is 29.2 Å². The van der Waals surface area contributed by atoms with E-state index in [2.05, 4.69) is 42.0 Å². The lowest BCUT2D eigenvalue weighted by molar-refractivity contribution is 0.869. The van der Waals surface area contributed by atoms with Crippen LogP contribution in [0.3, 0.4) is 0 Å². The van der Waals surface area contributed by atoms with Gasteiger partial charge >= 0.3 is 0 Å². The van der Waals surface area contributed by atoms with E-state index in [1.807, 2.05) is 68.6 Å². The van der Waals surface area contributed by atoms with Crippen LogP contribution in [0.25, 0.3) is 10.9 Å². The highest BCUT2D eigenvalue weighted by atomic mass is 15.3. The number of nitrogens with zero attached hydrogens (tertiary/aromatic N) is 3. The molecule has 4 N–H and O–H groups in total. The van der Waals surface area contributed by atoms with Crippen molar-refractivity contribution in [1.82, 2.24) is 19.9 Å². The van der Waals surface area contributed by atoms with Gasteiger partial charge in [0.05, 0.1) is 0 Å². The van der Waals surface area contributed by atoms with E-state index in [1.54, 1.807) is 0 Å². The minimum Gasteiger partial charge on any atom is -0.361 e. The van der Waals surface area contributed by atoms with Gasteiger partial charge < -0.3 is 20.9 Å². The number of aromatic nitrogens is 4. The minimum absolute atomic E-state index is 0.209. The van der Waals surface area contributed by atoms with Gasteiger partial charge in [-0.2, -0.15) is 15.0 Å². The Morgan fingerprint density at radius 2 is 1.48 bits per heavy atom. The maximum absolute atomic E-state index is 4.51. The molecule has 0 amide bonds. The second kappa shape index (κ2) is 7.33. The van der Waals surface area contributed by atoms with E-state index in [0.717, 1.165) is 22.3 Å². The van der Waals surface area contributed by atoms with Crippen molar-refractivity contribution in [3.8, 4) is 0 Å². The summed E-state index contributed by atoms with van der Waals surface area (Å²) in [6.07, 6.45) is 1.92. The number of hydrogen-bond acceptors (Lipinski definition) is 6. The Hall–Kier alpha value is -3.61. The van der Waals surface area contributed by atoms with Gasteiger partial charge in [0.2, 0.25) is 17.8 Å².